The Labute approximate surface area is 106 Å². The molecule has 2 heterocycles. The van der Waals surface area contributed by atoms with Crippen LogP contribution in [0.25, 0.3) is 0 Å². The molecule has 0 bridgehead atoms. The van der Waals surface area contributed by atoms with E-state index in [1.54, 1.807) is 12.3 Å². The fourth-order valence-corrected chi connectivity index (χ4v) is 1.84. The number of halogens is 1. The molecule has 0 saturated heterocycles. The summed E-state index contributed by atoms with van der Waals surface area (Å²) in [4.78, 5) is 4.03. The molecule has 0 aliphatic heterocycles. The van der Waals surface area contributed by atoms with Crippen molar-refractivity contribution in [3.8, 4) is 0 Å². The summed E-state index contributed by atoms with van der Waals surface area (Å²) in [5, 5.41) is 3.87. The van der Waals surface area contributed by atoms with Crippen LogP contribution in [0.15, 0.2) is 35.3 Å². The maximum Gasteiger partial charge on any atom is 0.193 e. The summed E-state index contributed by atoms with van der Waals surface area (Å²) in [6.07, 6.45) is 6.63. The highest BCUT2D eigenvalue weighted by molar-refractivity contribution is 6.28. The summed E-state index contributed by atoms with van der Waals surface area (Å²) in [5.74, 6) is 0.860. The average Bonchev–Trinajstić information content (AvgIpc) is 2.96. The zero-order valence-corrected chi connectivity index (χ0v) is 10.5. The Morgan fingerprint density at radius 2 is 2.41 bits per heavy atom. The van der Waals surface area contributed by atoms with E-state index in [0.717, 1.165) is 18.7 Å². The van der Waals surface area contributed by atoms with E-state index in [2.05, 4.69) is 21.8 Å². The monoisotopic (exact) mass is 253 g/mol. The van der Waals surface area contributed by atoms with Crippen LogP contribution in [0.4, 0.5) is 0 Å². The number of rotatable bonds is 6. The summed E-state index contributed by atoms with van der Waals surface area (Å²) in [6, 6.07) is 4.04. The van der Waals surface area contributed by atoms with Gasteiger partial charge in [0, 0.05) is 25.0 Å². The maximum absolute atomic E-state index is 5.72. The molecule has 0 saturated carbocycles. The van der Waals surface area contributed by atoms with E-state index in [-0.39, 0.29) is 0 Å². The Morgan fingerprint density at radius 1 is 1.53 bits per heavy atom. The molecule has 17 heavy (non-hydrogen) atoms. The summed E-state index contributed by atoms with van der Waals surface area (Å²) >= 11 is 5.72. The second-order valence-corrected chi connectivity index (χ2v) is 4.32. The Hall–Kier alpha value is -1.26. The first-order valence-corrected chi connectivity index (χ1v) is 6.09. The van der Waals surface area contributed by atoms with E-state index in [1.165, 1.54) is 0 Å². The minimum absolute atomic E-state index is 0.396. The van der Waals surface area contributed by atoms with Crippen molar-refractivity contribution in [2.45, 2.75) is 32.5 Å². The van der Waals surface area contributed by atoms with Crippen molar-refractivity contribution in [2.75, 3.05) is 0 Å². The molecule has 1 unspecified atom stereocenters. The van der Waals surface area contributed by atoms with E-state index in [0.29, 0.717) is 17.8 Å². The first kappa shape index (κ1) is 12.2. The van der Waals surface area contributed by atoms with Gasteiger partial charge in [0.05, 0.1) is 12.9 Å². The molecule has 4 nitrogen and oxygen atoms in total. The lowest BCUT2D eigenvalue weighted by Crippen LogP contribution is -2.31. The lowest BCUT2D eigenvalue weighted by molar-refractivity contribution is 0.403. The highest BCUT2D eigenvalue weighted by Gasteiger charge is 2.07. The number of hydrogen-bond acceptors (Lipinski definition) is 3. The molecule has 1 atom stereocenters. The van der Waals surface area contributed by atoms with Gasteiger partial charge >= 0.3 is 0 Å². The fourth-order valence-electron chi connectivity index (χ4n) is 1.68. The number of nitrogens with one attached hydrogen (secondary N) is 1. The Bertz CT molecular complexity index is 438. The molecule has 1 N–H and O–H groups in total. The van der Waals surface area contributed by atoms with Crippen LogP contribution in [0.1, 0.15) is 19.1 Å². The van der Waals surface area contributed by atoms with Gasteiger partial charge in [0.25, 0.3) is 0 Å². The summed E-state index contributed by atoms with van der Waals surface area (Å²) in [6.45, 7) is 3.76. The normalized spacial score (nSPS) is 12.8. The van der Waals surface area contributed by atoms with Crippen molar-refractivity contribution < 1.29 is 4.42 Å². The second-order valence-electron chi connectivity index (χ2n) is 3.95. The SMILES string of the molecule is CCC(Cn1ccnc1)NCc1ccc(Cl)o1. The second kappa shape index (κ2) is 5.89. The standard InChI is InChI=1S/C12H16ClN3O/c1-2-10(8-16-6-5-14-9-16)15-7-11-3-4-12(13)17-11/h3-6,9-10,15H,2,7-8H2,1H3. The number of furan rings is 1. The van der Waals surface area contributed by atoms with Gasteiger partial charge in [0.1, 0.15) is 5.76 Å². The zero-order chi connectivity index (χ0) is 12.1. The summed E-state index contributed by atoms with van der Waals surface area (Å²) in [5.41, 5.74) is 0. The predicted molar refractivity (Wildman–Crippen MR) is 66.9 cm³/mol. The first-order chi connectivity index (χ1) is 8.28. The van der Waals surface area contributed by atoms with E-state index >= 15 is 0 Å². The molecule has 0 aliphatic carbocycles. The lowest BCUT2D eigenvalue weighted by atomic mass is 10.2. The van der Waals surface area contributed by atoms with Gasteiger partial charge in [0.15, 0.2) is 5.22 Å². The smallest absolute Gasteiger partial charge is 0.193 e. The van der Waals surface area contributed by atoms with E-state index in [1.807, 2.05) is 18.6 Å². The lowest BCUT2D eigenvalue weighted by Gasteiger charge is -2.16. The van der Waals surface area contributed by atoms with Crippen LogP contribution in [0.3, 0.4) is 0 Å². The highest BCUT2D eigenvalue weighted by atomic mass is 35.5. The molecular formula is C12H16ClN3O. The van der Waals surface area contributed by atoms with Crippen LogP contribution in [0, 0.1) is 0 Å². The fraction of sp³-hybridized carbons (Fsp3) is 0.417. The van der Waals surface area contributed by atoms with Gasteiger partial charge in [-0.2, -0.15) is 0 Å². The minimum atomic E-state index is 0.396. The topological polar surface area (TPSA) is 43.0 Å². The largest absolute Gasteiger partial charge is 0.448 e. The maximum atomic E-state index is 5.72. The van der Waals surface area contributed by atoms with Crippen LogP contribution >= 0.6 is 11.6 Å². The van der Waals surface area contributed by atoms with Crippen LogP contribution in [0.5, 0.6) is 0 Å². The number of hydrogen-bond donors (Lipinski definition) is 1. The molecule has 2 aromatic rings. The molecule has 0 amide bonds. The molecule has 2 rings (SSSR count). The van der Waals surface area contributed by atoms with Gasteiger partial charge < -0.3 is 14.3 Å². The molecule has 0 aromatic carbocycles. The van der Waals surface area contributed by atoms with Gasteiger partial charge in [-0.3, -0.25) is 0 Å². The number of aromatic nitrogens is 2. The summed E-state index contributed by atoms with van der Waals surface area (Å²) in [7, 11) is 0. The Kier molecular flexibility index (Phi) is 4.23. The Balaban J connectivity index is 1.83. The molecule has 0 radical (unpaired) electrons. The van der Waals surface area contributed by atoms with Crippen molar-refractivity contribution in [2.24, 2.45) is 0 Å². The first-order valence-electron chi connectivity index (χ1n) is 5.71. The van der Waals surface area contributed by atoms with Crippen molar-refractivity contribution in [3.63, 3.8) is 0 Å². The highest BCUT2D eigenvalue weighted by Crippen LogP contribution is 2.13. The van der Waals surface area contributed by atoms with Crippen molar-refractivity contribution in [1.82, 2.24) is 14.9 Å². The van der Waals surface area contributed by atoms with Crippen LogP contribution in [-0.4, -0.2) is 15.6 Å². The van der Waals surface area contributed by atoms with Gasteiger partial charge in [-0.05, 0) is 30.2 Å². The van der Waals surface area contributed by atoms with E-state index < -0.39 is 0 Å². The zero-order valence-electron chi connectivity index (χ0n) is 9.77. The third-order valence-electron chi connectivity index (χ3n) is 2.68. The van der Waals surface area contributed by atoms with Gasteiger partial charge in [-0.25, -0.2) is 4.98 Å². The van der Waals surface area contributed by atoms with Crippen LogP contribution in [-0.2, 0) is 13.1 Å². The van der Waals surface area contributed by atoms with Crippen molar-refractivity contribution >= 4 is 11.6 Å². The predicted octanol–water partition coefficient (Wildman–Crippen LogP) is 2.70. The molecular weight excluding hydrogens is 238 g/mol. The third-order valence-corrected chi connectivity index (χ3v) is 2.88. The molecule has 0 spiro atoms. The third kappa shape index (κ3) is 3.61. The molecule has 92 valence electrons. The van der Waals surface area contributed by atoms with Gasteiger partial charge in [0.2, 0.25) is 0 Å². The average molecular weight is 254 g/mol. The molecule has 0 aliphatic rings. The van der Waals surface area contributed by atoms with E-state index in [9.17, 15) is 0 Å². The van der Waals surface area contributed by atoms with Crippen LogP contribution in [0.2, 0.25) is 5.22 Å². The quantitative estimate of drug-likeness (QED) is 0.861. The van der Waals surface area contributed by atoms with Crippen molar-refractivity contribution in [3.05, 3.63) is 41.8 Å². The molecule has 2 aromatic heterocycles. The van der Waals surface area contributed by atoms with Gasteiger partial charge in [-0.1, -0.05) is 6.92 Å². The van der Waals surface area contributed by atoms with Crippen LogP contribution < -0.4 is 5.32 Å². The van der Waals surface area contributed by atoms with Crippen molar-refractivity contribution in [1.29, 1.82) is 0 Å². The van der Waals surface area contributed by atoms with E-state index in [4.69, 9.17) is 16.0 Å². The Morgan fingerprint density at radius 3 is 3.00 bits per heavy atom. The molecule has 5 heteroatoms. The number of imidazole rings is 1. The minimum Gasteiger partial charge on any atom is -0.448 e. The molecule has 0 fully saturated rings. The van der Waals surface area contributed by atoms with Gasteiger partial charge in [-0.15, -0.1) is 0 Å². The summed E-state index contributed by atoms with van der Waals surface area (Å²) < 4.78 is 7.36. The number of nitrogens with zero attached hydrogens (tertiary/aromatic N) is 2.